The lowest BCUT2D eigenvalue weighted by molar-refractivity contribution is -0.166. The summed E-state index contributed by atoms with van der Waals surface area (Å²) < 4.78 is 16.8. The molecule has 0 aromatic heterocycles. The minimum Gasteiger partial charge on any atom is -0.462 e. The van der Waals surface area contributed by atoms with Crippen LogP contribution in [-0.2, 0) is 28.6 Å². The zero-order chi connectivity index (χ0) is 54.3. The highest BCUT2D eigenvalue weighted by atomic mass is 16.6. The van der Waals surface area contributed by atoms with Crippen molar-refractivity contribution in [3.8, 4) is 0 Å². The Labute approximate surface area is 463 Å². The van der Waals surface area contributed by atoms with Gasteiger partial charge in [0.1, 0.15) is 13.2 Å². The second kappa shape index (κ2) is 62.6. The number of carbonyl (C=O) groups is 3. The van der Waals surface area contributed by atoms with E-state index in [2.05, 4.69) is 118 Å². The van der Waals surface area contributed by atoms with E-state index in [-0.39, 0.29) is 31.6 Å². The molecule has 0 fully saturated rings. The molecule has 0 radical (unpaired) electrons. The largest absolute Gasteiger partial charge is 0.462 e. The molecule has 1 unspecified atom stereocenters. The third-order valence-corrected chi connectivity index (χ3v) is 13.3. The molecule has 0 aliphatic carbocycles. The van der Waals surface area contributed by atoms with E-state index < -0.39 is 12.1 Å². The van der Waals surface area contributed by atoms with E-state index in [9.17, 15) is 14.4 Å². The van der Waals surface area contributed by atoms with Crippen molar-refractivity contribution < 1.29 is 28.6 Å². The molecule has 0 aromatic carbocycles. The number of allylic oxidation sites excluding steroid dienone is 17. The second-order valence-electron chi connectivity index (χ2n) is 20.6. The van der Waals surface area contributed by atoms with Crippen molar-refractivity contribution in [2.45, 2.75) is 297 Å². The highest BCUT2D eigenvalue weighted by Gasteiger charge is 2.19. The summed E-state index contributed by atoms with van der Waals surface area (Å²) in [4.78, 5) is 38.2. The molecule has 0 N–H and O–H groups in total. The van der Waals surface area contributed by atoms with Gasteiger partial charge in [-0.15, -0.1) is 0 Å². The van der Waals surface area contributed by atoms with Gasteiger partial charge in [0.15, 0.2) is 6.10 Å². The van der Waals surface area contributed by atoms with Crippen LogP contribution < -0.4 is 0 Å². The zero-order valence-corrected chi connectivity index (χ0v) is 49.0. The SMILES string of the molecule is CC/C=C\C/C=C\C/C=C\C/C=C\C/C=C\CC(=O)OC(COC(=O)CCCCCCC/C=C\CCCCCCCC)COC(=O)CCCCCCCCCCCCCC/C=C\C/C=C\C/C=C\CCCCCCC. The van der Waals surface area contributed by atoms with Crippen LogP contribution >= 0.6 is 0 Å². The second-order valence-corrected chi connectivity index (χ2v) is 20.6. The Hall–Kier alpha value is -3.93. The lowest BCUT2D eigenvalue weighted by atomic mass is 10.0. The van der Waals surface area contributed by atoms with Crippen LogP contribution in [-0.4, -0.2) is 37.2 Å². The smallest absolute Gasteiger partial charge is 0.310 e. The van der Waals surface area contributed by atoms with Crippen LogP contribution in [0, 0.1) is 0 Å². The molecule has 0 saturated heterocycles. The van der Waals surface area contributed by atoms with Gasteiger partial charge in [-0.3, -0.25) is 14.4 Å². The van der Waals surface area contributed by atoms with Gasteiger partial charge in [0, 0.05) is 12.8 Å². The van der Waals surface area contributed by atoms with Crippen molar-refractivity contribution in [1.82, 2.24) is 0 Å². The fraction of sp³-hybridized carbons (Fsp3) is 0.696. The average molecular weight is 1040 g/mol. The minimum atomic E-state index is -0.839. The molecule has 0 aromatic rings. The molecule has 428 valence electrons. The number of esters is 3. The lowest BCUT2D eigenvalue weighted by Crippen LogP contribution is -2.30. The Balaban J connectivity index is 4.37. The zero-order valence-electron chi connectivity index (χ0n) is 49.0. The third kappa shape index (κ3) is 60.8. The van der Waals surface area contributed by atoms with Gasteiger partial charge in [-0.1, -0.05) is 271 Å². The maximum atomic E-state index is 12.8. The van der Waals surface area contributed by atoms with Crippen LogP contribution in [0.2, 0.25) is 0 Å². The molecule has 0 heterocycles. The Morgan fingerprint density at radius 1 is 0.293 bits per heavy atom. The molecule has 75 heavy (non-hydrogen) atoms. The van der Waals surface area contributed by atoms with Gasteiger partial charge in [-0.05, 0) is 109 Å². The molecular formula is C69H116O6. The summed E-state index contributed by atoms with van der Waals surface area (Å²) in [6, 6.07) is 0. The first-order valence-electron chi connectivity index (χ1n) is 31.4. The standard InChI is InChI=1S/C69H116O6/c1-4-7-10-13-16-19-22-25-28-29-30-31-32-33-34-35-36-37-38-39-42-44-47-50-53-56-59-62-68(71)74-65-66(75-69(72)63-60-57-54-51-48-45-41-27-24-21-18-15-12-9-6-3)64-73-67(70)61-58-55-52-49-46-43-40-26-23-20-17-14-11-8-5-2/h9,12,18,21-22,25-27,29-30,32-33,40-41,48,51,57,60,66H,4-8,10-11,13-17,19-20,23-24,28,31,34-39,42-47,49-50,52-56,58-59,61-65H2,1-3H3/b12-9-,21-18-,25-22-,30-29-,33-32-,40-26-,41-27-,51-48-,60-57-. The maximum absolute atomic E-state index is 12.8. The van der Waals surface area contributed by atoms with Gasteiger partial charge in [0.25, 0.3) is 0 Å². The highest BCUT2D eigenvalue weighted by Crippen LogP contribution is 2.15. The van der Waals surface area contributed by atoms with Crippen molar-refractivity contribution >= 4 is 17.9 Å². The Kier molecular flexibility index (Phi) is 59.3. The Morgan fingerprint density at radius 3 is 0.893 bits per heavy atom. The van der Waals surface area contributed by atoms with Crippen molar-refractivity contribution in [1.29, 1.82) is 0 Å². The average Bonchev–Trinajstić information content (AvgIpc) is 3.41. The van der Waals surface area contributed by atoms with Gasteiger partial charge in [0.2, 0.25) is 0 Å². The first kappa shape index (κ1) is 71.1. The van der Waals surface area contributed by atoms with E-state index in [1.165, 1.54) is 154 Å². The summed E-state index contributed by atoms with van der Waals surface area (Å²) in [6.45, 7) is 6.43. The first-order valence-corrected chi connectivity index (χ1v) is 31.4. The molecule has 0 amide bonds. The minimum absolute atomic E-state index is 0.0929. The van der Waals surface area contributed by atoms with Crippen molar-refractivity contribution in [3.63, 3.8) is 0 Å². The molecule has 6 heteroatoms. The van der Waals surface area contributed by atoms with Gasteiger partial charge in [0.05, 0.1) is 6.42 Å². The number of hydrogen-bond donors (Lipinski definition) is 0. The van der Waals surface area contributed by atoms with Crippen molar-refractivity contribution in [2.24, 2.45) is 0 Å². The van der Waals surface area contributed by atoms with Crippen LogP contribution in [0.5, 0.6) is 0 Å². The number of hydrogen-bond acceptors (Lipinski definition) is 6. The summed E-state index contributed by atoms with van der Waals surface area (Å²) in [6.07, 6.45) is 85.5. The van der Waals surface area contributed by atoms with E-state index in [1.807, 2.05) is 6.08 Å². The molecule has 0 rings (SSSR count). The molecule has 6 nitrogen and oxygen atoms in total. The number of rotatable bonds is 56. The van der Waals surface area contributed by atoms with Crippen LogP contribution in [0.25, 0.3) is 0 Å². The molecule has 0 bridgehead atoms. The number of unbranched alkanes of at least 4 members (excludes halogenated alkanes) is 28. The van der Waals surface area contributed by atoms with E-state index in [0.717, 1.165) is 96.3 Å². The molecular weight excluding hydrogens is 925 g/mol. The Bertz CT molecular complexity index is 1520. The summed E-state index contributed by atoms with van der Waals surface area (Å²) >= 11 is 0. The van der Waals surface area contributed by atoms with E-state index in [0.29, 0.717) is 12.8 Å². The van der Waals surface area contributed by atoms with E-state index in [4.69, 9.17) is 14.2 Å². The maximum Gasteiger partial charge on any atom is 0.310 e. The van der Waals surface area contributed by atoms with E-state index in [1.54, 1.807) is 6.08 Å². The summed E-state index contributed by atoms with van der Waals surface area (Å²) in [5.74, 6) is -1.06. The quantitative estimate of drug-likeness (QED) is 0.0261. The molecule has 0 spiro atoms. The van der Waals surface area contributed by atoms with Crippen LogP contribution in [0.4, 0.5) is 0 Å². The lowest BCUT2D eigenvalue weighted by Gasteiger charge is -2.18. The van der Waals surface area contributed by atoms with Crippen LogP contribution in [0.15, 0.2) is 109 Å². The molecule has 0 aliphatic rings. The topological polar surface area (TPSA) is 78.9 Å². The summed E-state index contributed by atoms with van der Waals surface area (Å²) in [7, 11) is 0. The van der Waals surface area contributed by atoms with Gasteiger partial charge in [-0.25, -0.2) is 0 Å². The van der Waals surface area contributed by atoms with Crippen LogP contribution in [0.1, 0.15) is 290 Å². The summed E-state index contributed by atoms with van der Waals surface area (Å²) in [5, 5.41) is 0. The molecule has 1 atom stereocenters. The van der Waals surface area contributed by atoms with Crippen LogP contribution in [0.3, 0.4) is 0 Å². The fourth-order valence-electron chi connectivity index (χ4n) is 8.58. The third-order valence-electron chi connectivity index (χ3n) is 13.3. The fourth-order valence-corrected chi connectivity index (χ4v) is 8.58. The van der Waals surface area contributed by atoms with Gasteiger partial charge >= 0.3 is 17.9 Å². The number of carbonyl (C=O) groups excluding carboxylic acids is 3. The highest BCUT2D eigenvalue weighted by molar-refractivity contribution is 5.72. The monoisotopic (exact) mass is 1040 g/mol. The normalized spacial score (nSPS) is 12.8. The van der Waals surface area contributed by atoms with E-state index >= 15 is 0 Å². The predicted octanol–water partition coefficient (Wildman–Crippen LogP) is 21.4. The predicted molar refractivity (Wildman–Crippen MR) is 325 cm³/mol. The Morgan fingerprint density at radius 2 is 0.560 bits per heavy atom. The molecule has 0 saturated carbocycles. The summed E-state index contributed by atoms with van der Waals surface area (Å²) in [5.41, 5.74) is 0. The molecule has 0 aliphatic heterocycles. The van der Waals surface area contributed by atoms with Crippen molar-refractivity contribution in [3.05, 3.63) is 109 Å². The van der Waals surface area contributed by atoms with Crippen molar-refractivity contribution in [2.75, 3.05) is 13.2 Å². The number of ether oxygens (including phenoxy) is 3. The van der Waals surface area contributed by atoms with Gasteiger partial charge in [-0.2, -0.15) is 0 Å². The van der Waals surface area contributed by atoms with Gasteiger partial charge < -0.3 is 14.2 Å². The first-order chi connectivity index (χ1) is 37.0.